The Balaban J connectivity index is 1.58. The van der Waals surface area contributed by atoms with Crippen LogP contribution in [0.25, 0.3) is 55.4 Å². The second kappa shape index (κ2) is 8.52. The van der Waals surface area contributed by atoms with E-state index in [4.69, 9.17) is 4.42 Å². The molecule has 2 aromatic heterocycles. The van der Waals surface area contributed by atoms with Crippen LogP contribution in [0.15, 0.2) is 102 Å². The largest absolute Gasteiger partial charge is 0.454 e. The molecule has 0 aliphatic carbocycles. The van der Waals surface area contributed by atoms with Gasteiger partial charge in [-0.15, -0.1) is 0 Å². The predicted molar refractivity (Wildman–Crippen MR) is 145 cm³/mol. The average Bonchev–Trinajstić information content (AvgIpc) is 3.28. The maximum Gasteiger partial charge on any atom is 0.216 e. The maximum absolute atomic E-state index is 9.82. The summed E-state index contributed by atoms with van der Waals surface area (Å²) in [5.74, 6) is 0. The molecular formula is C33H25N2O+. The minimum Gasteiger partial charge on any atom is -0.454 e. The maximum atomic E-state index is 9.82. The molecule has 2 heterocycles. The number of nitriles is 1. The van der Waals surface area contributed by atoms with Gasteiger partial charge in [-0.25, -0.2) is 4.57 Å². The van der Waals surface area contributed by atoms with Crippen molar-refractivity contribution in [2.75, 3.05) is 0 Å². The summed E-state index contributed by atoms with van der Waals surface area (Å²) in [7, 11) is 2.05. The molecular weight excluding hydrogens is 440 g/mol. The molecule has 6 rings (SSSR count). The third-order valence-corrected chi connectivity index (χ3v) is 6.97. The Bertz CT molecular complexity index is 1800. The van der Waals surface area contributed by atoms with Crippen LogP contribution in [0.3, 0.4) is 0 Å². The first kappa shape index (κ1) is 21.8. The Morgan fingerprint density at radius 2 is 1.42 bits per heavy atom. The van der Waals surface area contributed by atoms with Crippen molar-refractivity contribution in [3.8, 4) is 39.6 Å². The Kier molecular flexibility index (Phi) is 5.16. The van der Waals surface area contributed by atoms with Gasteiger partial charge in [0.25, 0.3) is 0 Å². The Morgan fingerprint density at radius 3 is 2.11 bits per heavy atom. The minimum atomic E-state index is 0.621. The summed E-state index contributed by atoms with van der Waals surface area (Å²) in [6.45, 7) is 4.21. The summed E-state index contributed by atoms with van der Waals surface area (Å²) >= 11 is 0. The van der Waals surface area contributed by atoms with Crippen molar-refractivity contribution in [1.82, 2.24) is 0 Å². The predicted octanol–water partition coefficient (Wildman–Crippen LogP) is 7.90. The topological polar surface area (TPSA) is 40.8 Å². The van der Waals surface area contributed by atoms with Gasteiger partial charge in [-0.1, -0.05) is 66.2 Å². The highest BCUT2D eigenvalue weighted by molar-refractivity contribution is 6.13. The van der Waals surface area contributed by atoms with Crippen molar-refractivity contribution in [3.63, 3.8) is 0 Å². The van der Waals surface area contributed by atoms with Gasteiger partial charge >= 0.3 is 0 Å². The van der Waals surface area contributed by atoms with Crippen molar-refractivity contribution in [3.05, 3.63) is 114 Å². The molecule has 0 atom stereocenters. The standard InChI is InChI=1S/C33H25N2O/c1-21-7-10-24(11-8-21)25-12-14-26(15-13-25)28-18-23(20-34)19-29-27-16-9-22(2)31(33(27)36-32(28)29)30-6-4-5-17-35(30)3/h4-19H,1-3H3/q+1. The molecule has 0 amide bonds. The van der Waals surface area contributed by atoms with Crippen LogP contribution in [-0.4, -0.2) is 0 Å². The van der Waals surface area contributed by atoms with Gasteiger partial charge in [0, 0.05) is 28.5 Å². The lowest BCUT2D eigenvalue weighted by molar-refractivity contribution is -0.660. The lowest BCUT2D eigenvalue weighted by atomic mass is 9.96. The summed E-state index contributed by atoms with van der Waals surface area (Å²) in [5.41, 5.74) is 11.1. The van der Waals surface area contributed by atoms with E-state index in [9.17, 15) is 5.26 Å². The lowest BCUT2D eigenvalue weighted by Crippen LogP contribution is -2.30. The highest BCUT2D eigenvalue weighted by Gasteiger charge is 2.22. The lowest BCUT2D eigenvalue weighted by Gasteiger charge is -2.07. The normalized spacial score (nSPS) is 11.2. The molecule has 0 aliphatic heterocycles. The van der Waals surface area contributed by atoms with Gasteiger partial charge in [0.15, 0.2) is 6.20 Å². The molecule has 0 saturated carbocycles. The third kappa shape index (κ3) is 3.56. The molecule has 0 aliphatic rings. The van der Waals surface area contributed by atoms with Gasteiger partial charge in [-0.3, -0.25) is 0 Å². The SMILES string of the molecule is Cc1ccc(-c2ccc(-c3cc(C#N)cc4c3oc3c(-c5cccc[n+]5C)c(C)ccc34)cc2)cc1. The van der Waals surface area contributed by atoms with Crippen LogP contribution in [0.2, 0.25) is 0 Å². The highest BCUT2D eigenvalue weighted by atomic mass is 16.3. The molecule has 3 heteroatoms. The summed E-state index contributed by atoms with van der Waals surface area (Å²) in [5, 5.41) is 11.8. The van der Waals surface area contributed by atoms with E-state index in [2.05, 4.69) is 91.2 Å². The molecule has 4 aromatic carbocycles. The molecule has 3 nitrogen and oxygen atoms in total. The first-order valence-corrected chi connectivity index (χ1v) is 12.1. The monoisotopic (exact) mass is 465 g/mol. The van der Waals surface area contributed by atoms with Crippen LogP contribution in [0.4, 0.5) is 0 Å². The number of fused-ring (bicyclic) bond motifs is 3. The van der Waals surface area contributed by atoms with Crippen molar-refractivity contribution in [2.24, 2.45) is 7.05 Å². The molecule has 36 heavy (non-hydrogen) atoms. The fraction of sp³-hybridized carbons (Fsp3) is 0.0909. The Morgan fingerprint density at radius 1 is 0.722 bits per heavy atom. The molecule has 0 saturated heterocycles. The van der Waals surface area contributed by atoms with E-state index in [0.29, 0.717) is 5.56 Å². The second-order valence-electron chi connectivity index (χ2n) is 9.39. The molecule has 0 N–H and O–H groups in total. The first-order valence-electron chi connectivity index (χ1n) is 12.1. The average molecular weight is 466 g/mol. The number of benzene rings is 4. The Labute approximate surface area is 210 Å². The van der Waals surface area contributed by atoms with E-state index < -0.39 is 0 Å². The van der Waals surface area contributed by atoms with Crippen molar-refractivity contribution < 1.29 is 8.98 Å². The number of aryl methyl sites for hydroxylation is 3. The van der Waals surface area contributed by atoms with Crippen LogP contribution in [0.1, 0.15) is 16.7 Å². The molecule has 0 radical (unpaired) electrons. The van der Waals surface area contributed by atoms with E-state index in [1.807, 2.05) is 37.5 Å². The molecule has 0 unspecified atom stereocenters. The molecule has 172 valence electrons. The minimum absolute atomic E-state index is 0.621. The second-order valence-corrected chi connectivity index (χ2v) is 9.39. The van der Waals surface area contributed by atoms with Crippen LogP contribution in [0, 0.1) is 25.2 Å². The van der Waals surface area contributed by atoms with Crippen LogP contribution >= 0.6 is 0 Å². The van der Waals surface area contributed by atoms with E-state index in [1.54, 1.807) is 0 Å². The first-order chi connectivity index (χ1) is 17.5. The van der Waals surface area contributed by atoms with Gasteiger partial charge in [-0.05, 0) is 54.3 Å². The smallest absolute Gasteiger partial charge is 0.216 e. The van der Waals surface area contributed by atoms with Crippen LogP contribution < -0.4 is 4.57 Å². The third-order valence-electron chi connectivity index (χ3n) is 6.97. The number of pyridine rings is 1. The molecule has 6 aromatic rings. The van der Waals surface area contributed by atoms with E-state index in [1.165, 1.54) is 11.1 Å². The summed E-state index contributed by atoms with van der Waals surface area (Å²) in [4.78, 5) is 0. The Hall–Kier alpha value is -4.68. The number of furan rings is 1. The molecule has 0 fully saturated rings. The van der Waals surface area contributed by atoms with Crippen molar-refractivity contribution in [1.29, 1.82) is 5.26 Å². The van der Waals surface area contributed by atoms with Gasteiger partial charge in [-0.2, -0.15) is 5.26 Å². The zero-order chi connectivity index (χ0) is 24.8. The fourth-order valence-electron chi connectivity index (χ4n) is 5.01. The van der Waals surface area contributed by atoms with E-state index >= 15 is 0 Å². The number of nitrogens with zero attached hydrogens (tertiary/aromatic N) is 2. The van der Waals surface area contributed by atoms with Crippen molar-refractivity contribution in [2.45, 2.75) is 13.8 Å². The van der Waals surface area contributed by atoms with Crippen LogP contribution in [0.5, 0.6) is 0 Å². The zero-order valence-corrected chi connectivity index (χ0v) is 20.5. The van der Waals surface area contributed by atoms with Crippen LogP contribution in [-0.2, 0) is 7.05 Å². The van der Waals surface area contributed by atoms with E-state index in [0.717, 1.165) is 55.4 Å². The fourth-order valence-corrected chi connectivity index (χ4v) is 5.01. The summed E-state index contributed by atoms with van der Waals surface area (Å²) in [6, 6.07) is 33.7. The number of aromatic nitrogens is 1. The van der Waals surface area contributed by atoms with Gasteiger partial charge in [0.1, 0.15) is 18.2 Å². The van der Waals surface area contributed by atoms with Gasteiger partial charge < -0.3 is 4.42 Å². The summed E-state index contributed by atoms with van der Waals surface area (Å²) < 4.78 is 8.78. The molecule has 0 bridgehead atoms. The highest BCUT2D eigenvalue weighted by Crippen LogP contribution is 2.41. The van der Waals surface area contributed by atoms with Gasteiger partial charge in [0.05, 0.1) is 17.2 Å². The van der Waals surface area contributed by atoms with Gasteiger partial charge in [0.2, 0.25) is 5.69 Å². The van der Waals surface area contributed by atoms with E-state index in [-0.39, 0.29) is 0 Å². The summed E-state index contributed by atoms with van der Waals surface area (Å²) in [6.07, 6.45) is 2.05. The van der Waals surface area contributed by atoms with Crippen molar-refractivity contribution >= 4 is 21.9 Å². The molecule has 0 spiro atoms. The number of rotatable bonds is 3. The number of hydrogen-bond acceptors (Lipinski definition) is 2. The zero-order valence-electron chi connectivity index (χ0n) is 20.5. The quantitative estimate of drug-likeness (QED) is 0.249. The number of hydrogen-bond donors (Lipinski definition) is 0.